The third kappa shape index (κ3) is 3.44. The maximum atomic E-state index is 12.6. The molecule has 7 heteroatoms. The van der Waals surface area contributed by atoms with Gasteiger partial charge in [-0.15, -0.1) is 10.2 Å². The van der Waals surface area contributed by atoms with Crippen LogP contribution in [0, 0.1) is 0 Å². The van der Waals surface area contributed by atoms with E-state index in [2.05, 4.69) is 45.4 Å². The molecule has 0 atom stereocenters. The topological polar surface area (TPSA) is 42.2 Å². The summed E-state index contributed by atoms with van der Waals surface area (Å²) >= 11 is 0. The summed E-state index contributed by atoms with van der Waals surface area (Å²) in [5.74, 6) is -1.27. The minimum atomic E-state index is -4.58. The number of hydrogen-bond acceptors (Lipinski definition) is 4. The summed E-state index contributed by atoms with van der Waals surface area (Å²) < 4.78 is 42.6. The number of alkyl halides is 3. The molecule has 4 rings (SSSR count). The summed E-state index contributed by atoms with van der Waals surface area (Å²) in [6.45, 7) is 2.40. The van der Waals surface area contributed by atoms with Crippen LogP contribution in [0.25, 0.3) is 10.8 Å². The summed E-state index contributed by atoms with van der Waals surface area (Å²) in [6, 6.07) is 14.6. The Morgan fingerprint density at radius 1 is 1.00 bits per heavy atom. The summed E-state index contributed by atoms with van der Waals surface area (Å²) in [4.78, 5) is 2.32. The zero-order valence-corrected chi connectivity index (χ0v) is 14.0. The molecule has 0 saturated carbocycles. The smallest absolute Gasteiger partial charge is 0.417 e. The fraction of sp³-hybridized carbons (Fsp3) is 0.368. The summed E-state index contributed by atoms with van der Waals surface area (Å²) in [7, 11) is 0. The van der Waals surface area contributed by atoms with Gasteiger partial charge >= 0.3 is 12.1 Å². The highest BCUT2D eigenvalue weighted by molar-refractivity contribution is 5.85. The lowest BCUT2D eigenvalue weighted by atomic mass is 9.96. The predicted octanol–water partition coefficient (Wildman–Crippen LogP) is 4.62. The Labute approximate surface area is 148 Å². The van der Waals surface area contributed by atoms with E-state index >= 15 is 0 Å². The standard InChI is InChI=1S/C19H18F3N3O/c20-19(21,22)18-24-23-17(26-18)14-8-10-25(11-9-14)12-15-6-3-5-13-4-1-2-7-16(13)15/h1-7,14H,8-12H2. The van der Waals surface area contributed by atoms with Gasteiger partial charge < -0.3 is 4.42 Å². The highest BCUT2D eigenvalue weighted by atomic mass is 19.4. The average Bonchev–Trinajstić information content (AvgIpc) is 3.13. The van der Waals surface area contributed by atoms with Crippen LogP contribution in [0.5, 0.6) is 0 Å². The first-order valence-electron chi connectivity index (χ1n) is 8.60. The van der Waals surface area contributed by atoms with E-state index in [4.69, 9.17) is 4.42 Å². The molecular weight excluding hydrogens is 343 g/mol. The minimum Gasteiger partial charge on any atom is -0.417 e. The van der Waals surface area contributed by atoms with Crippen molar-refractivity contribution in [2.75, 3.05) is 13.1 Å². The van der Waals surface area contributed by atoms with Gasteiger partial charge in [0.1, 0.15) is 0 Å². The normalized spacial score (nSPS) is 17.0. The SMILES string of the molecule is FC(F)(F)c1nnc(C2CCN(Cc3cccc4ccccc34)CC2)o1. The van der Waals surface area contributed by atoms with Gasteiger partial charge in [0.25, 0.3) is 0 Å². The maximum absolute atomic E-state index is 12.6. The van der Waals surface area contributed by atoms with E-state index in [-0.39, 0.29) is 11.8 Å². The Hall–Kier alpha value is -2.41. The van der Waals surface area contributed by atoms with Crippen LogP contribution in [0.1, 0.15) is 36.1 Å². The molecule has 26 heavy (non-hydrogen) atoms. The average molecular weight is 361 g/mol. The number of nitrogens with zero attached hydrogens (tertiary/aromatic N) is 3. The van der Waals surface area contributed by atoms with Gasteiger partial charge in [0.05, 0.1) is 0 Å². The Bertz CT molecular complexity index is 893. The highest BCUT2D eigenvalue weighted by Crippen LogP contribution is 2.33. The molecule has 1 fully saturated rings. The molecule has 0 N–H and O–H groups in total. The fourth-order valence-corrected chi connectivity index (χ4v) is 3.52. The highest BCUT2D eigenvalue weighted by Gasteiger charge is 2.39. The van der Waals surface area contributed by atoms with Crippen LogP contribution < -0.4 is 0 Å². The first-order chi connectivity index (χ1) is 12.5. The van der Waals surface area contributed by atoms with Crippen LogP contribution in [-0.4, -0.2) is 28.2 Å². The molecule has 136 valence electrons. The van der Waals surface area contributed by atoms with Gasteiger partial charge in [0, 0.05) is 12.5 Å². The van der Waals surface area contributed by atoms with Crippen molar-refractivity contribution in [3.05, 3.63) is 59.8 Å². The van der Waals surface area contributed by atoms with Gasteiger partial charge in [0.2, 0.25) is 5.89 Å². The molecule has 1 aliphatic heterocycles. The quantitative estimate of drug-likeness (QED) is 0.683. The van der Waals surface area contributed by atoms with Crippen molar-refractivity contribution in [1.29, 1.82) is 0 Å². The molecule has 1 aliphatic rings. The van der Waals surface area contributed by atoms with Crippen LogP contribution in [0.2, 0.25) is 0 Å². The lowest BCUT2D eigenvalue weighted by molar-refractivity contribution is -0.157. The maximum Gasteiger partial charge on any atom is 0.470 e. The summed E-state index contributed by atoms with van der Waals surface area (Å²) in [6.07, 6.45) is -3.16. The second-order valence-electron chi connectivity index (χ2n) is 6.63. The molecule has 2 aromatic carbocycles. The van der Waals surface area contributed by atoms with E-state index in [1.165, 1.54) is 16.3 Å². The monoisotopic (exact) mass is 361 g/mol. The van der Waals surface area contributed by atoms with E-state index < -0.39 is 12.1 Å². The molecule has 0 bridgehead atoms. The van der Waals surface area contributed by atoms with Gasteiger partial charge in [-0.1, -0.05) is 42.5 Å². The van der Waals surface area contributed by atoms with Gasteiger partial charge in [0.15, 0.2) is 0 Å². The van der Waals surface area contributed by atoms with Gasteiger partial charge in [-0.2, -0.15) is 13.2 Å². The Balaban J connectivity index is 1.41. The number of hydrogen-bond donors (Lipinski definition) is 0. The van der Waals surface area contributed by atoms with Gasteiger partial charge in [-0.3, -0.25) is 4.90 Å². The Morgan fingerprint density at radius 3 is 2.46 bits per heavy atom. The second-order valence-corrected chi connectivity index (χ2v) is 6.63. The fourth-order valence-electron chi connectivity index (χ4n) is 3.52. The van der Waals surface area contributed by atoms with Crippen LogP contribution in [-0.2, 0) is 12.7 Å². The van der Waals surface area contributed by atoms with Crippen molar-refractivity contribution in [3.8, 4) is 0 Å². The minimum absolute atomic E-state index is 0.0992. The second kappa shape index (κ2) is 6.72. The zero-order valence-electron chi connectivity index (χ0n) is 14.0. The van der Waals surface area contributed by atoms with Crippen LogP contribution in [0.4, 0.5) is 13.2 Å². The number of benzene rings is 2. The van der Waals surface area contributed by atoms with Gasteiger partial charge in [-0.25, -0.2) is 0 Å². The van der Waals surface area contributed by atoms with Crippen molar-refractivity contribution in [2.24, 2.45) is 0 Å². The number of halogens is 3. The molecule has 2 heterocycles. The number of fused-ring (bicyclic) bond motifs is 1. The number of rotatable bonds is 3. The largest absolute Gasteiger partial charge is 0.470 e. The zero-order chi connectivity index (χ0) is 18.1. The number of piperidine rings is 1. The van der Waals surface area contributed by atoms with E-state index in [1.54, 1.807) is 0 Å². The van der Waals surface area contributed by atoms with Gasteiger partial charge in [-0.05, 0) is 42.3 Å². The van der Waals surface area contributed by atoms with Crippen LogP contribution in [0.15, 0.2) is 46.9 Å². The molecule has 4 nitrogen and oxygen atoms in total. The summed E-state index contributed by atoms with van der Waals surface area (Å²) in [5, 5.41) is 9.18. The molecule has 0 radical (unpaired) electrons. The third-order valence-electron chi connectivity index (χ3n) is 4.89. The molecule has 1 saturated heterocycles. The van der Waals surface area contributed by atoms with Crippen molar-refractivity contribution >= 4 is 10.8 Å². The van der Waals surface area contributed by atoms with Crippen LogP contribution >= 0.6 is 0 Å². The van der Waals surface area contributed by atoms with Crippen LogP contribution in [0.3, 0.4) is 0 Å². The molecule has 0 unspecified atom stereocenters. The molecule has 0 spiro atoms. The first-order valence-corrected chi connectivity index (χ1v) is 8.60. The molecular formula is C19H18F3N3O. The van der Waals surface area contributed by atoms with E-state index in [9.17, 15) is 13.2 Å². The molecule has 0 amide bonds. The van der Waals surface area contributed by atoms with E-state index in [0.717, 1.165) is 19.6 Å². The van der Waals surface area contributed by atoms with E-state index in [1.807, 2.05) is 12.1 Å². The van der Waals surface area contributed by atoms with E-state index in [0.29, 0.717) is 12.8 Å². The molecule has 3 aromatic rings. The van der Waals surface area contributed by atoms with Crippen molar-refractivity contribution in [2.45, 2.75) is 31.5 Å². The number of aromatic nitrogens is 2. The Kier molecular flexibility index (Phi) is 4.40. The lowest BCUT2D eigenvalue weighted by Crippen LogP contribution is -2.32. The first kappa shape index (κ1) is 17.0. The third-order valence-corrected chi connectivity index (χ3v) is 4.89. The van der Waals surface area contributed by atoms with Crippen molar-refractivity contribution in [1.82, 2.24) is 15.1 Å². The molecule has 0 aliphatic carbocycles. The molecule has 1 aromatic heterocycles. The Morgan fingerprint density at radius 2 is 1.73 bits per heavy atom. The van der Waals surface area contributed by atoms with Crippen molar-refractivity contribution < 1.29 is 17.6 Å². The van der Waals surface area contributed by atoms with Crippen molar-refractivity contribution in [3.63, 3.8) is 0 Å². The summed E-state index contributed by atoms with van der Waals surface area (Å²) in [5.41, 5.74) is 1.26. The lowest BCUT2D eigenvalue weighted by Gasteiger charge is -2.30. The number of likely N-dealkylation sites (tertiary alicyclic amines) is 1. The predicted molar refractivity (Wildman–Crippen MR) is 90.5 cm³/mol.